The van der Waals surface area contributed by atoms with Crippen molar-refractivity contribution in [1.82, 2.24) is 4.98 Å². The van der Waals surface area contributed by atoms with Gasteiger partial charge in [0.2, 0.25) is 0 Å². The molecule has 13 heavy (non-hydrogen) atoms. The predicted molar refractivity (Wildman–Crippen MR) is 55.1 cm³/mol. The molecule has 0 aliphatic rings. The van der Waals surface area contributed by atoms with Gasteiger partial charge in [0.25, 0.3) is 0 Å². The Balaban J connectivity index is 2.58. The van der Waals surface area contributed by atoms with Crippen molar-refractivity contribution in [2.45, 2.75) is 18.9 Å². The van der Waals surface area contributed by atoms with Gasteiger partial charge in [-0.2, -0.15) is 0 Å². The van der Waals surface area contributed by atoms with E-state index in [1.807, 2.05) is 18.2 Å². The molecule has 1 aromatic heterocycles. The third-order valence-electron chi connectivity index (χ3n) is 1.81. The predicted octanol–water partition coefficient (Wildman–Crippen LogP) is 1.11. The van der Waals surface area contributed by atoms with Crippen molar-refractivity contribution in [2.75, 3.05) is 5.73 Å². The Morgan fingerprint density at radius 3 is 3.00 bits per heavy atom. The molecule has 0 saturated carbocycles. The zero-order valence-electron chi connectivity index (χ0n) is 7.61. The summed E-state index contributed by atoms with van der Waals surface area (Å²) >= 11 is 0. The largest absolute Gasteiger partial charge is 0.384 e. The van der Waals surface area contributed by atoms with Crippen LogP contribution in [-0.4, -0.2) is 11.0 Å². The highest BCUT2D eigenvalue weighted by Gasteiger charge is 2.01. The topological polar surface area (TPSA) is 64.9 Å². The summed E-state index contributed by atoms with van der Waals surface area (Å²) in [6, 6.07) is 3.90. The van der Waals surface area contributed by atoms with E-state index < -0.39 is 0 Å². The van der Waals surface area contributed by atoms with E-state index in [2.05, 4.69) is 11.6 Å². The fourth-order valence-electron chi connectivity index (χ4n) is 1.22. The van der Waals surface area contributed by atoms with Crippen LogP contribution in [0.5, 0.6) is 0 Å². The Bertz CT molecular complexity index is 283. The second-order valence-corrected chi connectivity index (χ2v) is 3.08. The number of nitrogens with zero attached hydrogens (tertiary/aromatic N) is 1. The number of anilines is 1. The van der Waals surface area contributed by atoms with Crippen molar-refractivity contribution in [2.24, 2.45) is 5.73 Å². The molecule has 0 radical (unpaired) electrons. The molecule has 0 aliphatic heterocycles. The van der Waals surface area contributed by atoms with Crippen molar-refractivity contribution in [3.05, 3.63) is 36.5 Å². The van der Waals surface area contributed by atoms with Crippen LogP contribution in [0.1, 0.15) is 12.0 Å². The zero-order valence-corrected chi connectivity index (χ0v) is 7.61. The van der Waals surface area contributed by atoms with Crippen molar-refractivity contribution < 1.29 is 0 Å². The lowest BCUT2D eigenvalue weighted by Gasteiger charge is -2.08. The lowest BCUT2D eigenvalue weighted by atomic mass is 10.1. The summed E-state index contributed by atoms with van der Waals surface area (Å²) in [6.07, 6.45) is 5.17. The molecular formula is C10H15N3. The smallest absolute Gasteiger partial charge is 0.123 e. The Morgan fingerprint density at radius 2 is 2.38 bits per heavy atom. The van der Waals surface area contributed by atoms with Gasteiger partial charge in [0.15, 0.2) is 0 Å². The SMILES string of the molecule is C=CCC(N)Cc1ccnc(N)c1. The first-order chi connectivity index (χ1) is 6.22. The Morgan fingerprint density at radius 1 is 1.62 bits per heavy atom. The van der Waals surface area contributed by atoms with Gasteiger partial charge in [-0.3, -0.25) is 0 Å². The Kier molecular flexibility index (Phi) is 3.46. The first kappa shape index (κ1) is 9.74. The van der Waals surface area contributed by atoms with Gasteiger partial charge in [0, 0.05) is 12.2 Å². The molecule has 70 valence electrons. The number of hydrogen-bond acceptors (Lipinski definition) is 3. The van der Waals surface area contributed by atoms with Crippen molar-refractivity contribution in [1.29, 1.82) is 0 Å². The minimum Gasteiger partial charge on any atom is -0.384 e. The van der Waals surface area contributed by atoms with Gasteiger partial charge in [-0.1, -0.05) is 6.08 Å². The van der Waals surface area contributed by atoms with Gasteiger partial charge in [-0.25, -0.2) is 4.98 Å². The maximum atomic E-state index is 5.83. The van der Waals surface area contributed by atoms with E-state index in [1.54, 1.807) is 6.20 Å². The summed E-state index contributed by atoms with van der Waals surface area (Å²) in [5, 5.41) is 0. The molecule has 1 unspecified atom stereocenters. The molecular weight excluding hydrogens is 162 g/mol. The number of hydrogen-bond donors (Lipinski definition) is 2. The summed E-state index contributed by atoms with van der Waals surface area (Å²) in [6.45, 7) is 3.64. The lowest BCUT2D eigenvalue weighted by molar-refractivity contribution is 0.679. The van der Waals surface area contributed by atoms with Crippen molar-refractivity contribution >= 4 is 5.82 Å². The van der Waals surface area contributed by atoms with E-state index >= 15 is 0 Å². The molecule has 0 bridgehead atoms. The van der Waals surface area contributed by atoms with Gasteiger partial charge >= 0.3 is 0 Å². The van der Waals surface area contributed by atoms with Crippen LogP contribution < -0.4 is 11.5 Å². The highest BCUT2D eigenvalue weighted by Crippen LogP contribution is 2.06. The van der Waals surface area contributed by atoms with Crippen molar-refractivity contribution in [3.8, 4) is 0 Å². The number of nitrogens with two attached hydrogens (primary N) is 2. The fraction of sp³-hybridized carbons (Fsp3) is 0.300. The van der Waals surface area contributed by atoms with E-state index in [1.165, 1.54) is 0 Å². The molecule has 0 fully saturated rings. The molecule has 0 aromatic carbocycles. The van der Waals surface area contributed by atoms with Gasteiger partial charge < -0.3 is 11.5 Å². The van der Waals surface area contributed by atoms with Crippen LogP contribution in [0.3, 0.4) is 0 Å². The normalized spacial score (nSPS) is 12.4. The zero-order chi connectivity index (χ0) is 9.68. The summed E-state index contributed by atoms with van der Waals surface area (Å²) in [5.41, 5.74) is 12.5. The molecule has 4 N–H and O–H groups in total. The van der Waals surface area contributed by atoms with Crippen LogP contribution in [0.15, 0.2) is 31.0 Å². The average molecular weight is 177 g/mol. The maximum absolute atomic E-state index is 5.83. The highest BCUT2D eigenvalue weighted by atomic mass is 14.8. The van der Waals surface area contributed by atoms with E-state index in [0.717, 1.165) is 18.4 Å². The first-order valence-electron chi connectivity index (χ1n) is 4.29. The molecule has 0 amide bonds. The lowest BCUT2D eigenvalue weighted by Crippen LogP contribution is -2.21. The second-order valence-electron chi connectivity index (χ2n) is 3.08. The summed E-state index contributed by atoms with van der Waals surface area (Å²) < 4.78 is 0. The number of nitrogen functional groups attached to an aromatic ring is 1. The quantitative estimate of drug-likeness (QED) is 0.677. The molecule has 0 saturated heterocycles. The van der Waals surface area contributed by atoms with Crippen LogP contribution >= 0.6 is 0 Å². The average Bonchev–Trinajstić information content (AvgIpc) is 2.04. The molecule has 0 aliphatic carbocycles. The Hall–Kier alpha value is -1.35. The first-order valence-corrected chi connectivity index (χ1v) is 4.29. The van der Waals surface area contributed by atoms with Gasteiger partial charge in [0.1, 0.15) is 5.82 Å². The summed E-state index contributed by atoms with van der Waals surface area (Å²) in [5.74, 6) is 0.545. The van der Waals surface area contributed by atoms with Crippen LogP contribution in [0, 0.1) is 0 Å². The van der Waals surface area contributed by atoms with Crippen LogP contribution in [0.4, 0.5) is 5.82 Å². The van der Waals surface area contributed by atoms with Gasteiger partial charge in [-0.05, 0) is 30.5 Å². The molecule has 3 nitrogen and oxygen atoms in total. The van der Waals surface area contributed by atoms with Crippen LogP contribution in [0.2, 0.25) is 0 Å². The van der Waals surface area contributed by atoms with Crippen LogP contribution in [0.25, 0.3) is 0 Å². The van der Waals surface area contributed by atoms with Crippen molar-refractivity contribution in [3.63, 3.8) is 0 Å². The van der Waals surface area contributed by atoms with Crippen LogP contribution in [-0.2, 0) is 6.42 Å². The molecule has 0 spiro atoms. The second kappa shape index (κ2) is 4.62. The third-order valence-corrected chi connectivity index (χ3v) is 1.81. The third kappa shape index (κ3) is 3.25. The highest BCUT2D eigenvalue weighted by molar-refractivity contribution is 5.32. The fourth-order valence-corrected chi connectivity index (χ4v) is 1.22. The number of aromatic nitrogens is 1. The van der Waals surface area contributed by atoms with E-state index in [0.29, 0.717) is 5.82 Å². The summed E-state index contributed by atoms with van der Waals surface area (Å²) in [7, 11) is 0. The van der Waals surface area contributed by atoms with E-state index in [-0.39, 0.29) is 6.04 Å². The maximum Gasteiger partial charge on any atom is 0.123 e. The van der Waals surface area contributed by atoms with E-state index in [9.17, 15) is 0 Å². The minimum absolute atomic E-state index is 0.124. The molecule has 1 atom stereocenters. The van der Waals surface area contributed by atoms with Gasteiger partial charge in [0.05, 0.1) is 0 Å². The standard InChI is InChI=1S/C10H15N3/c1-2-3-9(11)6-8-4-5-13-10(12)7-8/h2,4-5,7,9H,1,3,6,11H2,(H2,12,13). The monoisotopic (exact) mass is 177 g/mol. The summed E-state index contributed by atoms with van der Waals surface area (Å²) in [4.78, 5) is 3.91. The Labute approximate surface area is 78.5 Å². The molecule has 1 aromatic rings. The van der Waals surface area contributed by atoms with Gasteiger partial charge in [-0.15, -0.1) is 6.58 Å². The molecule has 3 heteroatoms. The van der Waals surface area contributed by atoms with E-state index in [4.69, 9.17) is 11.5 Å². The molecule has 1 rings (SSSR count). The number of pyridine rings is 1. The number of rotatable bonds is 4. The molecule has 1 heterocycles. The minimum atomic E-state index is 0.124.